The molecular weight excluding hydrogens is 436 g/mol. The third-order valence-electron chi connectivity index (χ3n) is 5.25. The Kier molecular flexibility index (Phi) is 6.79. The zero-order chi connectivity index (χ0) is 23.4. The van der Waals surface area contributed by atoms with Crippen molar-refractivity contribution in [2.24, 2.45) is 0 Å². The maximum absolute atomic E-state index is 12.7. The lowest BCUT2D eigenvalue weighted by Gasteiger charge is -2.08. The van der Waals surface area contributed by atoms with Gasteiger partial charge in [-0.25, -0.2) is 4.68 Å². The number of aromatic nitrogens is 5. The van der Waals surface area contributed by atoms with Gasteiger partial charge in [0.25, 0.3) is 0 Å². The first kappa shape index (κ1) is 22.6. The normalized spacial score (nSPS) is 11.0. The highest BCUT2D eigenvalue weighted by Gasteiger charge is 2.18. The molecule has 170 valence electrons. The quantitative estimate of drug-likeness (QED) is 0.279. The van der Waals surface area contributed by atoms with Crippen molar-refractivity contribution < 1.29 is 9.21 Å². The minimum absolute atomic E-state index is 0.0676. The van der Waals surface area contributed by atoms with E-state index >= 15 is 0 Å². The van der Waals surface area contributed by atoms with Crippen LogP contribution in [0.4, 0.5) is 5.69 Å². The molecule has 0 unspecified atom stereocenters. The summed E-state index contributed by atoms with van der Waals surface area (Å²) in [7, 11) is 0. The summed E-state index contributed by atoms with van der Waals surface area (Å²) in [5, 5.41) is 17.0. The van der Waals surface area contributed by atoms with E-state index in [1.807, 2.05) is 66.4 Å². The number of rotatable bonds is 9. The van der Waals surface area contributed by atoms with Gasteiger partial charge in [-0.2, -0.15) is 5.10 Å². The summed E-state index contributed by atoms with van der Waals surface area (Å²) < 4.78 is 9.23. The number of nitrogens with one attached hydrogen (secondary N) is 1. The number of furan rings is 1. The Morgan fingerprint density at radius 2 is 1.97 bits per heavy atom. The third kappa shape index (κ3) is 4.78. The molecule has 3 heterocycles. The summed E-state index contributed by atoms with van der Waals surface area (Å²) in [5.41, 5.74) is 4.28. The standard InChI is InChI=1S/C24H26N6O2S/c1-5-13-29-23(20-11-14-32-18(20)4)26-27-24(29)33-15-12-21(31)25-22-16(2)28-30(17(22)3)19-9-7-6-8-10-19/h5-11,14H,1,12-13,15H2,2-4H3,(H,25,31). The number of hydrogen-bond donors (Lipinski definition) is 1. The summed E-state index contributed by atoms with van der Waals surface area (Å²) >= 11 is 1.49. The van der Waals surface area contributed by atoms with E-state index in [1.165, 1.54) is 11.8 Å². The SMILES string of the molecule is C=CCn1c(SCCC(=O)Nc2c(C)nn(-c3ccccc3)c2C)nnc1-c1ccoc1C. The molecule has 4 rings (SSSR count). The number of carbonyl (C=O) groups excluding carboxylic acids is 1. The zero-order valence-corrected chi connectivity index (χ0v) is 19.7. The van der Waals surface area contributed by atoms with Crippen molar-refractivity contribution in [3.63, 3.8) is 0 Å². The smallest absolute Gasteiger partial charge is 0.225 e. The first-order valence-corrected chi connectivity index (χ1v) is 11.6. The Morgan fingerprint density at radius 1 is 1.18 bits per heavy atom. The van der Waals surface area contributed by atoms with Crippen LogP contribution < -0.4 is 5.32 Å². The summed E-state index contributed by atoms with van der Waals surface area (Å²) in [5.74, 6) is 2.01. The number of aryl methyl sites for hydroxylation is 2. The molecule has 1 N–H and O–H groups in total. The van der Waals surface area contributed by atoms with Gasteiger partial charge in [0.2, 0.25) is 5.91 Å². The molecule has 8 nitrogen and oxygen atoms in total. The number of carbonyl (C=O) groups is 1. The van der Waals surface area contributed by atoms with Crippen molar-refractivity contribution >= 4 is 23.4 Å². The molecular formula is C24H26N6O2S. The van der Waals surface area contributed by atoms with Gasteiger partial charge in [-0.15, -0.1) is 16.8 Å². The Hall–Kier alpha value is -3.59. The predicted molar refractivity (Wildman–Crippen MR) is 130 cm³/mol. The molecule has 1 amide bonds. The number of amides is 1. The van der Waals surface area contributed by atoms with Crippen molar-refractivity contribution in [2.75, 3.05) is 11.1 Å². The van der Waals surface area contributed by atoms with E-state index in [4.69, 9.17) is 4.42 Å². The van der Waals surface area contributed by atoms with E-state index in [0.29, 0.717) is 18.7 Å². The third-order valence-corrected chi connectivity index (χ3v) is 6.21. The highest BCUT2D eigenvalue weighted by molar-refractivity contribution is 7.99. The fourth-order valence-electron chi connectivity index (χ4n) is 3.59. The average molecular weight is 463 g/mol. The lowest BCUT2D eigenvalue weighted by Crippen LogP contribution is -2.13. The Labute approximate surface area is 196 Å². The molecule has 4 aromatic rings. The van der Waals surface area contributed by atoms with Crippen LogP contribution in [0, 0.1) is 20.8 Å². The molecule has 0 radical (unpaired) electrons. The second-order valence-electron chi connectivity index (χ2n) is 7.54. The number of thioether (sulfide) groups is 1. The second-order valence-corrected chi connectivity index (χ2v) is 8.60. The first-order valence-electron chi connectivity index (χ1n) is 10.6. The van der Waals surface area contributed by atoms with Crippen LogP contribution in [0.1, 0.15) is 23.6 Å². The van der Waals surface area contributed by atoms with Crippen LogP contribution in [0.2, 0.25) is 0 Å². The molecule has 0 spiro atoms. The van der Waals surface area contributed by atoms with E-state index in [1.54, 1.807) is 12.3 Å². The molecule has 3 aromatic heterocycles. The minimum atomic E-state index is -0.0676. The first-order chi connectivity index (χ1) is 16.0. The van der Waals surface area contributed by atoms with Gasteiger partial charge in [0.05, 0.1) is 34.6 Å². The molecule has 0 aliphatic heterocycles. The highest BCUT2D eigenvalue weighted by Crippen LogP contribution is 2.28. The molecule has 9 heteroatoms. The Morgan fingerprint density at radius 3 is 2.67 bits per heavy atom. The average Bonchev–Trinajstić information content (AvgIpc) is 3.48. The minimum Gasteiger partial charge on any atom is -0.469 e. The van der Waals surface area contributed by atoms with Crippen LogP contribution in [0.3, 0.4) is 0 Å². The van der Waals surface area contributed by atoms with E-state index in [0.717, 1.165) is 45.1 Å². The van der Waals surface area contributed by atoms with Gasteiger partial charge in [0, 0.05) is 18.7 Å². The largest absolute Gasteiger partial charge is 0.469 e. The van der Waals surface area contributed by atoms with Crippen molar-refractivity contribution in [1.82, 2.24) is 24.5 Å². The molecule has 1 aromatic carbocycles. The summed E-state index contributed by atoms with van der Waals surface area (Å²) in [4.78, 5) is 12.7. The van der Waals surface area contributed by atoms with Crippen LogP contribution in [0.5, 0.6) is 0 Å². The van der Waals surface area contributed by atoms with Crippen molar-refractivity contribution in [3.05, 3.63) is 72.5 Å². The van der Waals surface area contributed by atoms with Crippen molar-refractivity contribution in [2.45, 2.75) is 38.9 Å². The van der Waals surface area contributed by atoms with E-state index in [-0.39, 0.29) is 5.91 Å². The van der Waals surface area contributed by atoms with Crippen LogP contribution in [-0.4, -0.2) is 36.2 Å². The predicted octanol–water partition coefficient (Wildman–Crippen LogP) is 4.96. The van der Waals surface area contributed by atoms with Crippen LogP contribution >= 0.6 is 11.8 Å². The van der Waals surface area contributed by atoms with Gasteiger partial charge in [-0.1, -0.05) is 36.0 Å². The molecule has 0 saturated heterocycles. The van der Waals surface area contributed by atoms with Gasteiger partial charge < -0.3 is 9.73 Å². The van der Waals surface area contributed by atoms with Crippen molar-refractivity contribution in [1.29, 1.82) is 0 Å². The molecule has 0 aliphatic rings. The molecule has 0 aliphatic carbocycles. The van der Waals surface area contributed by atoms with Gasteiger partial charge >= 0.3 is 0 Å². The summed E-state index contributed by atoms with van der Waals surface area (Å²) in [6.07, 6.45) is 3.77. The monoisotopic (exact) mass is 462 g/mol. The van der Waals surface area contributed by atoms with E-state index < -0.39 is 0 Å². The molecule has 33 heavy (non-hydrogen) atoms. The van der Waals surface area contributed by atoms with Gasteiger partial charge in [0.1, 0.15) is 5.76 Å². The fraction of sp³-hybridized carbons (Fsp3) is 0.250. The van der Waals surface area contributed by atoms with E-state index in [9.17, 15) is 4.79 Å². The maximum atomic E-state index is 12.7. The van der Waals surface area contributed by atoms with Gasteiger partial charge in [-0.3, -0.25) is 9.36 Å². The van der Waals surface area contributed by atoms with E-state index in [2.05, 4.69) is 27.2 Å². The zero-order valence-electron chi connectivity index (χ0n) is 18.9. The number of allylic oxidation sites excluding steroid dienone is 1. The number of benzene rings is 1. The second kappa shape index (κ2) is 9.91. The molecule has 0 bridgehead atoms. The topological polar surface area (TPSA) is 90.8 Å². The van der Waals surface area contributed by atoms with Crippen LogP contribution in [-0.2, 0) is 11.3 Å². The van der Waals surface area contributed by atoms with Crippen LogP contribution in [0.15, 0.2) is 64.9 Å². The van der Waals surface area contributed by atoms with Crippen molar-refractivity contribution in [3.8, 4) is 17.1 Å². The summed E-state index contributed by atoms with van der Waals surface area (Å²) in [6, 6.07) is 11.7. The maximum Gasteiger partial charge on any atom is 0.225 e. The summed E-state index contributed by atoms with van der Waals surface area (Å²) in [6.45, 7) is 10.1. The number of nitrogens with zero attached hydrogens (tertiary/aromatic N) is 5. The molecule has 0 atom stereocenters. The molecule has 0 saturated carbocycles. The fourth-order valence-corrected chi connectivity index (χ4v) is 4.47. The number of hydrogen-bond acceptors (Lipinski definition) is 6. The van der Waals surface area contributed by atoms with Gasteiger partial charge in [-0.05, 0) is 39.0 Å². The lowest BCUT2D eigenvalue weighted by atomic mass is 10.2. The number of anilines is 1. The van der Waals surface area contributed by atoms with Crippen LogP contribution in [0.25, 0.3) is 17.1 Å². The number of para-hydroxylation sites is 1. The van der Waals surface area contributed by atoms with Gasteiger partial charge in [0.15, 0.2) is 11.0 Å². The lowest BCUT2D eigenvalue weighted by molar-refractivity contribution is -0.115. The highest BCUT2D eigenvalue weighted by atomic mass is 32.2. The Balaban J connectivity index is 1.41. The molecule has 0 fully saturated rings. The Bertz CT molecular complexity index is 1270.